The van der Waals surface area contributed by atoms with Crippen molar-refractivity contribution in [3.05, 3.63) is 59.9 Å². The van der Waals surface area contributed by atoms with E-state index >= 15 is 0 Å². The van der Waals surface area contributed by atoms with Crippen LogP contribution in [-0.4, -0.2) is 76.5 Å². The minimum absolute atomic E-state index is 0.000190. The molecule has 1 aromatic carbocycles. The zero-order valence-corrected chi connectivity index (χ0v) is 19.0. The van der Waals surface area contributed by atoms with E-state index in [0.717, 1.165) is 25.7 Å². The van der Waals surface area contributed by atoms with Crippen LogP contribution in [0.2, 0.25) is 0 Å². The number of rotatable bonds is 4. The summed E-state index contributed by atoms with van der Waals surface area (Å²) in [5.41, 5.74) is 0.297. The Morgan fingerprint density at radius 2 is 1.79 bits per heavy atom. The highest BCUT2D eigenvalue weighted by atomic mass is 19.1. The molecule has 178 valence electrons. The largest absolute Gasteiger partial charge is 0.482 e. The number of halogens is 1. The van der Waals surface area contributed by atoms with E-state index < -0.39 is 5.82 Å². The number of hydrogen-bond acceptors (Lipinski definition) is 6. The number of amides is 2. The minimum atomic E-state index is -0.417. The maximum absolute atomic E-state index is 14.2. The fraction of sp³-hybridized carbons (Fsp3) is 0.440. The Morgan fingerprint density at radius 1 is 1.06 bits per heavy atom. The van der Waals surface area contributed by atoms with Gasteiger partial charge in [-0.2, -0.15) is 0 Å². The van der Waals surface area contributed by atoms with Gasteiger partial charge in [0.15, 0.2) is 5.76 Å². The molecule has 2 unspecified atom stereocenters. The molecule has 2 aromatic rings. The van der Waals surface area contributed by atoms with Crippen molar-refractivity contribution in [3.8, 4) is 0 Å². The van der Waals surface area contributed by atoms with E-state index in [1.807, 2.05) is 0 Å². The van der Waals surface area contributed by atoms with Crippen molar-refractivity contribution in [2.45, 2.75) is 37.8 Å². The number of carbonyl (C=O) groups is 2. The molecule has 5 rings (SSSR count). The maximum atomic E-state index is 14.2. The van der Waals surface area contributed by atoms with E-state index in [9.17, 15) is 14.0 Å². The molecule has 1 saturated carbocycles. The zero-order valence-electron chi connectivity index (χ0n) is 19.0. The predicted octanol–water partition coefficient (Wildman–Crippen LogP) is 2.48. The first-order valence-electron chi connectivity index (χ1n) is 11.8. The Kier molecular flexibility index (Phi) is 6.42. The highest BCUT2D eigenvalue weighted by Crippen LogP contribution is 2.33. The summed E-state index contributed by atoms with van der Waals surface area (Å²) in [5, 5.41) is 0. The topological polar surface area (TPSA) is 78.9 Å². The van der Waals surface area contributed by atoms with Gasteiger partial charge < -0.3 is 19.4 Å². The Balaban J connectivity index is 1.29. The molecule has 1 aliphatic carbocycles. The van der Waals surface area contributed by atoms with E-state index in [2.05, 4.69) is 14.9 Å². The summed E-state index contributed by atoms with van der Waals surface area (Å²) in [4.78, 5) is 40.6. The van der Waals surface area contributed by atoms with Crippen LogP contribution in [0.5, 0.6) is 0 Å². The molecule has 0 radical (unpaired) electrons. The molecule has 34 heavy (non-hydrogen) atoms. The summed E-state index contributed by atoms with van der Waals surface area (Å²) in [6.07, 6.45) is 8.30. The lowest BCUT2D eigenvalue weighted by Crippen LogP contribution is -2.58. The highest BCUT2D eigenvalue weighted by Gasteiger charge is 2.42. The second-order valence-corrected chi connectivity index (χ2v) is 8.89. The number of nitrogens with zero attached hydrogens (tertiary/aromatic N) is 5. The number of ether oxygens (including phenoxy) is 1. The fourth-order valence-electron chi connectivity index (χ4n) is 4.95. The average molecular weight is 466 g/mol. The van der Waals surface area contributed by atoms with Gasteiger partial charge in [-0.05, 0) is 37.5 Å². The second-order valence-electron chi connectivity index (χ2n) is 8.89. The molecular weight excluding hydrogens is 437 g/mol. The van der Waals surface area contributed by atoms with Gasteiger partial charge in [-0.3, -0.25) is 9.59 Å². The molecule has 9 heteroatoms. The quantitative estimate of drug-likeness (QED) is 0.646. The molecule has 3 heterocycles. The summed E-state index contributed by atoms with van der Waals surface area (Å²) in [5.74, 6) is -0.0902. The number of fused-ring (bicyclic) bond motifs is 1. The minimum Gasteiger partial charge on any atom is -0.482 e. The third kappa shape index (κ3) is 4.60. The first-order valence-corrected chi connectivity index (χ1v) is 11.8. The summed E-state index contributed by atoms with van der Waals surface area (Å²) >= 11 is 0. The molecule has 2 atom stereocenters. The van der Waals surface area contributed by atoms with Crippen LogP contribution in [0.4, 0.5) is 10.3 Å². The van der Waals surface area contributed by atoms with Crippen molar-refractivity contribution in [2.24, 2.45) is 0 Å². The van der Waals surface area contributed by atoms with Gasteiger partial charge in [0, 0.05) is 44.1 Å². The Bertz CT molecular complexity index is 1070. The summed E-state index contributed by atoms with van der Waals surface area (Å²) in [6, 6.07) is 7.92. The molecule has 2 aliphatic heterocycles. The van der Waals surface area contributed by atoms with Gasteiger partial charge in [0.05, 0.1) is 6.04 Å². The van der Waals surface area contributed by atoms with Gasteiger partial charge in [-0.25, -0.2) is 14.4 Å². The van der Waals surface area contributed by atoms with Gasteiger partial charge >= 0.3 is 0 Å². The van der Waals surface area contributed by atoms with E-state index in [4.69, 9.17) is 4.74 Å². The van der Waals surface area contributed by atoms with Gasteiger partial charge in [0.1, 0.15) is 18.5 Å². The van der Waals surface area contributed by atoms with Crippen LogP contribution in [0.25, 0.3) is 6.08 Å². The number of aromatic nitrogens is 2. The lowest BCUT2D eigenvalue weighted by Gasteiger charge is -2.45. The SMILES string of the molecule is O=C(CN1C(=O)/C(=C\c2ccccc2F)OC2CCCCC21)N1CCN(c2ncccn2)CC1. The molecule has 0 N–H and O–H groups in total. The van der Waals surface area contributed by atoms with E-state index in [1.165, 1.54) is 12.1 Å². The van der Waals surface area contributed by atoms with Crippen molar-refractivity contribution in [2.75, 3.05) is 37.6 Å². The molecule has 3 fully saturated rings. The van der Waals surface area contributed by atoms with Gasteiger partial charge in [-0.15, -0.1) is 0 Å². The van der Waals surface area contributed by atoms with Crippen LogP contribution in [-0.2, 0) is 14.3 Å². The Labute approximate surface area is 198 Å². The summed E-state index contributed by atoms with van der Waals surface area (Å²) < 4.78 is 20.3. The van der Waals surface area contributed by atoms with Crippen LogP contribution in [0, 0.1) is 5.82 Å². The molecule has 0 bridgehead atoms. The predicted molar refractivity (Wildman–Crippen MR) is 124 cm³/mol. The lowest BCUT2D eigenvalue weighted by molar-refractivity contribution is -0.154. The number of anilines is 1. The number of carbonyl (C=O) groups excluding carboxylic acids is 2. The fourth-order valence-corrected chi connectivity index (χ4v) is 4.95. The van der Waals surface area contributed by atoms with Gasteiger partial charge in [0.25, 0.3) is 5.91 Å². The second kappa shape index (κ2) is 9.79. The van der Waals surface area contributed by atoms with Crippen molar-refractivity contribution >= 4 is 23.8 Å². The molecular formula is C25H28FN5O3. The van der Waals surface area contributed by atoms with E-state index in [0.29, 0.717) is 37.7 Å². The van der Waals surface area contributed by atoms with Crippen LogP contribution in [0.15, 0.2) is 48.5 Å². The molecule has 2 amide bonds. The zero-order chi connectivity index (χ0) is 23.5. The Hall–Kier alpha value is -3.49. The van der Waals surface area contributed by atoms with Crippen molar-refractivity contribution in [3.63, 3.8) is 0 Å². The summed E-state index contributed by atoms with van der Waals surface area (Å²) in [7, 11) is 0. The molecule has 2 saturated heterocycles. The molecule has 0 spiro atoms. The van der Waals surface area contributed by atoms with Crippen LogP contribution < -0.4 is 4.90 Å². The van der Waals surface area contributed by atoms with Crippen LogP contribution >= 0.6 is 0 Å². The van der Waals surface area contributed by atoms with Crippen LogP contribution in [0.3, 0.4) is 0 Å². The first-order chi connectivity index (χ1) is 16.6. The number of hydrogen-bond donors (Lipinski definition) is 0. The molecule has 8 nitrogen and oxygen atoms in total. The van der Waals surface area contributed by atoms with Crippen molar-refractivity contribution in [1.82, 2.24) is 19.8 Å². The normalized spacial score (nSPS) is 24.1. The maximum Gasteiger partial charge on any atom is 0.289 e. The molecule has 3 aliphatic rings. The monoisotopic (exact) mass is 465 g/mol. The van der Waals surface area contributed by atoms with E-state index in [1.54, 1.807) is 46.5 Å². The third-order valence-electron chi connectivity index (χ3n) is 6.78. The van der Waals surface area contributed by atoms with Gasteiger partial charge in [-0.1, -0.05) is 24.6 Å². The number of piperazine rings is 1. The Morgan fingerprint density at radius 3 is 2.56 bits per heavy atom. The highest BCUT2D eigenvalue weighted by molar-refractivity contribution is 5.98. The standard InChI is InChI=1S/C25H28FN5O3/c26-19-7-2-1-6-18(19)16-22-24(33)31(20-8-3-4-9-21(20)34-22)17-23(32)29-12-14-30(15-13-29)25-27-10-5-11-28-25/h1-2,5-7,10-11,16,20-21H,3-4,8-9,12-15,17H2/b22-16+. The summed E-state index contributed by atoms with van der Waals surface area (Å²) in [6.45, 7) is 2.36. The number of morpholine rings is 1. The third-order valence-corrected chi connectivity index (χ3v) is 6.78. The smallest absolute Gasteiger partial charge is 0.289 e. The van der Waals surface area contributed by atoms with Crippen LogP contribution in [0.1, 0.15) is 31.2 Å². The van der Waals surface area contributed by atoms with E-state index in [-0.39, 0.29) is 36.3 Å². The first kappa shape index (κ1) is 22.3. The van der Waals surface area contributed by atoms with Gasteiger partial charge in [0.2, 0.25) is 11.9 Å². The van der Waals surface area contributed by atoms with Crippen molar-refractivity contribution in [1.29, 1.82) is 0 Å². The number of benzene rings is 1. The lowest BCUT2D eigenvalue weighted by atomic mass is 9.89. The van der Waals surface area contributed by atoms with Crippen molar-refractivity contribution < 1.29 is 18.7 Å². The molecule has 1 aromatic heterocycles. The average Bonchev–Trinajstić information content (AvgIpc) is 2.88.